The summed E-state index contributed by atoms with van der Waals surface area (Å²) in [7, 11) is 0. The Kier molecular flexibility index (Phi) is 3.32. The molecular weight excluding hydrogens is 292 g/mol. The number of aromatic nitrogens is 4. The number of nitrogens with one attached hydrogen (secondary N) is 1. The van der Waals surface area contributed by atoms with Crippen LogP contribution in [0.3, 0.4) is 0 Å². The van der Waals surface area contributed by atoms with Crippen molar-refractivity contribution in [2.75, 3.05) is 0 Å². The maximum absolute atomic E-state index is 12.1. The number of rotatable bonds is 3. The summed E-state index contributed by atoms with van der Waals surface area (Å²) in [4.78, 5) is 19.5. The molecule has 2 aromatic heterocycles. The van der Waals surface area contributed by atoms with Crippen LogP contribution in [-0.2, 0) is 0 Å². The van der Waals surface area contributed by atoms with Gasteiger partial charge in [0.05, 0.1) is 11.0 Å². The molecule has 1 aromatic carbocycles. The lowest BCUT2D eigenvalue weighted by Crippen LogP contribution is -2.18. The van der Waals surface area contributed by atoms with Crippen molar-refractivity contribution in [2.24, 2.45) is 0 Å². The molecule has 4 rings (SSSR count). The van der Waals surface area contributed by atoms with Gasteiger partial charge in [0, 0.05) is 17.5 Å². The Balaban J connectivity index is 1.73. The highest BCUT2D eigenvalue weighted by Gasteiger charge is 2.23. The van der Waals surface area contributed by atoms with Crippen molar-refractivity contribution < 1.29 is 4.52 Å². The van der Waals surface area contributed by atoms with Gasteiger partial charge in [0.25, 0.3) is 0 Å². The molecule has 1 N–H and O–H groups in total. The van der Waals surface area contributed by atoms with E-state index in [0.717, 1.165) is 35.3 Å². The van der Waals surface area contributed by atoms with Crippen LogP contribution in [0.2, 0.25) is 0 Å². The molecule has 0 bridgehead atoms. The van der Waals surface area contributed by atoms with E-state index in [4.69, 9.17) is 4.52 Å². The van der Waals surface area contributed by atoms with Crippen molar-refractivity contribution in [1.29, 1.82) is 0 Å². The smallest absolute Gasteiger partial charge is 0.326 e. The van der Waals surface area contributed by atoms with Crippen molar-refractivity contribution in [2.45, 2.75) is 51.5 Å². The molecule has 23 heavy (non-hydrogen) atoms. The van der Waals surface area contributed by atoms with Crippen LogP contribution in [0.4, 0.5) is 0 Å². The molecule has 0 unspecified atom stereocenters. The van der Waals surface area contributed by atoms with Gasteiger partial charge in [-0.2, -0.15) is 4.98 Å². The SMILES string of the molecule is CC(C)n1c(=O)[nH]c2cc(-c3noc(C4CCCC4)n3)ccc21. The van der Waals surface area contributed by atoms with E-state index < -0.39 is 0 Å². The lowest BCUT2D eigenvalue weighted by atomic mass is 10.1. The number of aromatic amines is 1. The Morgan fingerprint density at radius 2 is 2.09 bits per heavy atom. The van der Waals surface area contributed by atoms with Crippen LogP contribution in [0.25, 0.3) is 22.4 Å². The van der Waals surface area contributed by atoms with Crippen LogP contribution in [0.1, 0.15) is 57.4 Å². The number of nitrogens with zero attached hydrogens (tertiary/aromatic N) is 3. The number of hydrogen-bond acceptors (Lipinski definition) is 4. The van der Waals surface area contributed by atoms with Gasteiger partial charge in [-0.05, 0) is 44.9 Å². The number of fused-ring (bicyclic) bond motifs is 1. The summed E-state index contributed by atoms with van der Waals surface area (Å²) < 4.78 is 7.19. The standard InChI is InChI=1S/C17H20N4O2/c1-10(2)21-14-8-7-12(9-13(14)18-17(21)22)15-19-16(23-20-15)11-5-3-4-6-11/h7-11H,3-6H2,1-2H3,(H,18,22). The monoisotopic (exact) mass is 312 g/mol. The van der Waals surface area contributed by atoms with Crippen LogP contribution < -0.4 is 5.69 Å². The Labute approximate surface area is 133 Å². The molecule has 6 heteroatoms. The maximum atomic E-state index is 12.1. The van der Waals surface area contributed by atoms with Crippen LogP contribution in [0.5, 0.6) is 0 Å². The first-order valence-electron chi connectivity index (χ1n) is 8.21. The topological polar surface area (TPSA) is 76.7 Å². The van der Waals surface area contributed by atoms with E-state index in [0.29, 0.717) is 11.7 Å². The summed E-state index contributed by atoms with van der Waals surface area (Å²) >= 11 is 0. The molecule has 0 atom stereocenters. The minimum Gasteiger partial charge on any atom is -0.339 e. The van der Waals surface area contributed by atoms with Gasteiger partial charge in [-0.25, -0.2) is 4.79 Å². The maximum Gasteiger partial charge on any atom is 0.326 e. The van der Waals surface area contributed by atoms with E-state index in [1.165, 1.54) is 12.8 Å². The quantitative estimate of drug-likeness (QED) is 0.801. The first kappa shape index (κ1) is 14.2. The predicted molar refractivity (Wildman–Crippen MR) is 87.4 cm³/mol. The zero-order valence-electron chi connectivity index (χ0n) is 13.4. The second-order valence-electron chi connectivity index (χ2n) is 6.56. The highest BCUT2D eigenvalue weighted by Crippen LogP contribution is 2.34. The summed E-state index contributed by atoms with van der Waals surface area (Å²) in [6.07, 6.45) is 4.73. The number of benzene rings is 1. The largest absolute Gasteiger partial charge is 0.339 e. The van der Waals surface area contributed by atoms with Gasteiger partial charge >= 0.3 is 5.69 Å². The van der Waals surface area contributed by atoms with E-state index in [9.17, 15) is 4.79 Å². The van der Waals surface area contributed by atoms with E-state index in [-0.39, 0.29) is 11.7 Å². The van der Waals surface area contributed by atoms with Crippen molar-refractivity contribution >= 4 is 11.0 Å². The summed E-state index contributed by atoms with van der Waals surface area (Å²) in [5, 5.41) is 4.12. The molecule has 1 fully saturated rings. The minimum absolute atomic E-state index is 0.0908. The fourth-order valence-corrected chi connectivity index (χ4v) is 3.47. The number of hydrogen-bond donors (Lipinski definition) is 1. The van der Waals surface area contributed by atoms with Gasteiger partial charge in [0.2, 0.25) is 11.7 Å². The molecule has 1 aliphatic rings. The molecule has 2 heterocycles. The fraction of sp³-hybridized carbons (Fsp3) is 0.471. The number of imidazole rings is 1. The average molecular weight is 312 g/mol. The highest BCUT2D eigenvalue weighted by molar-refractivity contribution is 5.80. The lowest BCUT2D eigenvalue weighted by Gasteiger charge is -2.06. The second kappa shape index (κ2) is 5.37. The van der Waals surface area contributed by atoms with Crippen LogP contribution >= 0.6 is 0 Å². The zero-order chi connectivity index (χ0) is 16.0. The van der Waals surface area contributed by atoms with E-state index in [1.54, 1.807) is 4.57 Å². The minimum atomic E-state index is -0.0908. The van der Waals surface area contributed by atoms with Crippen molar-refractivity contribution in [3.8, 4) is 11.4 Å². The van der Waals surface area contributed by atoms with E-state index >= 15 is 0 Å². The van der Waals surface area contributed by atoms with Crippen LogP contribution in [0.15, 0.2) is 27.5 Å². The second-order valence-corrected chi connectivity index (χ2v) is 6.56. The third kappa shape index (κ3) is 2.38. The Morgan fingerprint density at radius 3 is 2.83 bits per heavy atom. The first-order valence-corrected chi connectivity index (χ1v) is 8.21. The van der Waals surface area contributed by atoms with Gasteiger partial charge in [0.15, 0.2) is 0 Å². The summed E-state index contributed by atoms with van der Waals surface area (Å²) in [6.45, 7) is 3.99. The van der Waals surface area contributed by atoms with Gasteiger partial charge < -0.3 is 9.51 Å². The summed E-state index contributed by atoms with van der Waals surface area (Å²) in [6, 6.07) is 5.91. The van der Waals surface area contributed by atoms with Crippen molar-refractivity contribution in [3.63, 3.8) is 0 Å². The molecule has 1 aliphatic carbocycles. The van der Waals surface area contributed by atoms with Crippen molar-refractivity contribution in [1.82, 2.24) is 19.7 Å². The highest BCUT2D eigenvalue weighted by atomic mass is 16.5. The molecule has 0 amide bonds. The molecule has 120 valence electrons. The normalized spacial score (nSPS) is 16.0. The molecule has 0 aliphatic heterocycles. The van der Waals surface area contributed by atoms with Gasteiger partial charge in [0.1, 0.15) is 0 Å². The lowest BCUT2D eigenvalue weighted by molar-refractivity contribution is 0.354. The number of H-pyrrole nitrogens is 1. The molecule has 0 radical (unpaired) electrons. The van der Waals surface area contributed by atoms with E-state index in [1.807, 2.05) is 32.0 Å². The van der Waals surface area contributed by atoms with Crippen LogP contribution in [0, 0.1) is 0 Å². The van der Waals surface area contributed by atoms with Gasteiger partial charge in [-0.3, -0.25) is 4.57 Å². The molecular formula is C17H20N4O2. The summed E-state index contributed by atoms with van der Waals surface area (Å²) in [5.74, 6) is 1.74. The molecule has 0 saturated heterocycles. The zero-order valence-corrected chi connectivity index (χ0v) is 13.4. The molecule has 6 nitrogen and oxygen atoms in total. The van der Waals surface area contributed by atoms with Crippen molar-refractivity contribution in [3.05, 3.63) is 34.6 Å². The first-order chi connectivity index (χ1) is 11.1. The Bertz CT molecular complexity index is 897. The Hall–Kier alpha value is -2.37. The Morgan fingerprint density at radius 1 is 1.30 bits per heavy atom. The molecule has 3 aromatic rings. The van der Waals surface area contributed by atoms with Gasteiger partial charge in [-0.15, -0.1) is 0 Å². The predicted octanol–water partition coefficient (Wildman–Crippen LogP) is 3.62. The average Bonchev–Trinajstić information content (AvgIpc) is 3.24. The summed E-state index contributed by atoms with van der Waals surface area (Å²) in [5.41, 5.74) is 2.47. The van der Waals surface area contributed by atoms with Crippen LogP contribution in [-0.4, -0.2) is 19.7 Å². The fourth-order valence-electron chi connectivity index (χ4n) is 3.47. The molecule has 0 spiro atoms. The third-order valence-electron chi connectivity index (χ3n) is 4.64. The molecule has 1 saturated carbocycles. The van der Waals surface area contributed by atoms with Gasteiger partial charge in [-0.1, -0.05) is 18.0 Å². The third-order valence-corrected chi connectivity index (χ3v) is 4.64. The van der Waals surface area contributed by atoms with E-state index in [2.05, 4.69) is 15.1 Å².